The summed E-state index contributed by atoms with van der Waals surface area (Å²) in [5.74, 6) is 1.77. The predicted octanol–water partition coefficient (Wildman–Crippen LogP) is 4.23. The van der Waals surface area contributed by atoms with E-state index in [0.29, 0.717) is 0 Å². The average molecular weight is 356 g/mol. The molecule has 0 amide bonds. The van der Waals surface area contributed by atoms with Crippen LogP contribution in [0.1, 0.15) is 23.4 Å². The lowest BCUT2D eigenvalue weighted by atomic mass is 10.0. The molecule has 0 aliphatic rings. The van der Waals surface area contributed by atoms with Gasteiger partial charge in [0.25, 0.3) is 0 Å². The van der Waals surface area contributed by atoms with Crippen LogP contribution in [0.3, 0.4) is 0 Å². The molecule has 0 aliphatic carbocycles. The fourth-order valence-corrected chi connectivity index (χ4v) is 3.42. The quantitative estimate of drug-likeness (QED) is 0.840. The number of nitrogens with one attached hydrogen (secondary N) is 1. The summed E-state index contributed by atoms with van der Waals surface area (Å²) in [5, 5.41) is 5.53. The molecular weight excluding hydrogens is 338 g/mol. The molecule has 0 bridgehead atoms. The number of thiophene rings is 1. The van der Waals surface area contributed by atoms with E-state index in [2.05, 4.69) is 40.3 Å². The lowest BCUT2D eigenvalue weighted by Gasteiger charge is -2.20. The summed E-state index contributed by atoms with van der Waals surface area (Å²) in [7, 11) is 3.39. The fourth-order valence-electron chi connectivity index (χ4n) is 2.09. The molecule has 0 saturated carbocycles. The Kier molecular flexibility index (Phi) is 5.46. The van der Waals surface area contributed by atoms with Gasteiger partial charge in [0.2, 0.25) is 0 Å². The molecule has 0 radical (unpaired) electrons. The Morgan fingerprint density at radius 1 is 1.25 bits per heavy atom. The van der Waals surface area contributed by atoms with Crippen LogP contribution in [0.25, 0.3) is 0 Å². The second kappa shape index (κ2) is 7.11. The van der Waals surface area contributed by atoms with Gasteiger partial charge in [0.15, 0.2) is 0 Å². The summed E-state index contributed by atoms with van der Waals surface area (Å²) in [6.07, 6.45) is 0. The van der Waals surface area contributed by atoms with Gasteiger partial charge in [-0.25, -0.2) is 0 Å². The predicted molar refractivity (Wildman–Crippen MR) is 87.1 cm³/mol. The molecule has 1 heterocycles. The molecule has 0 aliphatic heterocycles. The number of methoxy groups -OCH3 is 2. The number of ether oxygens (including phenoxy) is 2. The largest absolute Gasteiger partial charge is 0.496 e. The lowest BCUT2D eigenvalue weighted by Crippen LogP contribution is -2.21. The van der Waals surface area contributed by atoms with Gasteiger partial charge in [0.1, 0.15) is 11.5 Å². The van der Waals surface area contributed by atoms with Crippen molar-refractivity contribution in [2.24, 2.45) is 0 Å². The van der Waals surface area contributed by atoms with Gasteiger partial charge in [-0.15, -0.1) is 11.3 Å². The van der Waals surface area contributed by atoms with Gasteiger partial charge in [-0.05, 0) is 30.8 Å². The van der Waals surface area contributed by atoms with Crippen LogP contribution in [0, 0.1) is 0 Å². The third kappa shape index (κ3) is 3.34. The smallest absolute Gasteiger partial charge is 0.129 e. The maximum absolute atomic E-state index is 5.49. The molecule has 5 heteroatoms. The van der Waals surface area contributed by atoms with Crippen LogP contribution in [0.2, 0.25) is 0 Å². The molecule has 0 spiro atoms. The van der Waals surface area contributed by atoms with Crippen molar-refractivity contribution in [3.8, 4) is 11.5 Å². The number of hydrogen-bond donors (Lipinski definition) is 1. The number of halogens is 1. The van der Waals surface area contributed by atoms with Crippen molar-refractivity contribution >= 4 is 27.3 Å². The van der Waals surface area contributed by atoms with Gasteiger partial charge in [-0.1, -0.05) is 22.9 Å². The van der Waals surface area contributed by atoms with E-state index in [0.717, 1.165) is 28.1 Å². The minimum absolute atomic E-state index is 0.0985. The van der Waals surface area contributed by atoms with Gasteiger partial charge in [0.05, 0.1) is 20.3 Å². The highest BCUT2D eigenvalue weighted by molar-refractivity contribution is 9.10. The third-order valence-electron chi connectivity index (χ3n) is 3.03. The standard InChI is InChI=1S/C15H18BrNO2S/c1-4-17-15(14-8-11(18-2)9-20-14)12-7-10(16)5-6-13(12)19-3/h5-9,15,17H,4H2,1-3H3. The average Bonchev–Trinajstić information content (AvgIpc) is 2.93. The van der Waals surface area contributed by atoms with Gasteiger partial charge < -0.3 is 14.8 Å². The summed E-state index contributed by atoms with van der Waals surface area (Å²) < 4.78 is 11.8. The molecule has 0 fully saturated rings. The second-order valence-corrected chi connectivity index (χ2v) is 6.12. The van der Waals surface area contributed by atoms with Gasteiger partial charge in [0, 0.05) is 20.3 Å². The minimum atomic E-state index is 0.0985. The van der Waals surface area contributed by atoms with Gasteiger partial charge in [-0.2, -0.15) is 0 Å². The maximum atomic E-state index is 5.49. The molecule has 0 saturated heterocycles. The topological polar surface area (TPSA) is 30.5 Å². The van der Waals surface area contributed by atoms with Crippen LogP contribution < -0.4 is 14.8 Å². The van der Waals surface area contributed by atoms with Crippen LogP contribution >= 0.6 is 27.3 Å². The SMILES string of the molecule is CCNC(c1cc(OC)cs1)c1cc(Br)ccc1OC. The first kappa shape index (κ1) is 15.4. The molecule has 2 aromatic rings. The highest BCUT2D eigenvalue weighted by Crippen LogP contribution is 2.36. The van der Waals surface area contributed by atoms with Crippen molar-refractivity contribution in [3.05, 3.63) is 44.6 Å². The van der Waals surface area contributed by atoms with Crippen LogP contribution in [0.4, 0.5) is 0 Å². The van der Waals surface area contributed by atoms with Crippen molar-refractivity contribution in [2.75, 3.05) is 20.8 Å². The van der Waals surface area contributed by atoms with E-state index >= 15 is 0 Å². The molecule has 1 atom stereocenters. The Balaban J connectivity index is 2.44. The summed E-state index contributed by atoms with van der Waals surface area (Å²) >= 11 is 5.22. The van der Waals surface area contributed by atoms with Crippen molar-refractivity contribution < 1.29 is 9.47 Å². The van der Waals surface area contributed by atoms with Crippen LogP contribution in [-0.4, -0.2) is 20.8 Å². The summed E-state index contributed by atoms with van der Waals surface area (Å²) in [5.41, 5.74) is 1.12. The Morgan fingerprint density at radius 2 is 2.05 bits per heavy atom. The second-order valence-electron chi connectivity index (χ2n) is 4.27. The van der Waals surface area contributed by atoms with E-state index in [1.807, 2.05) is 17.5 Å². The molecule has 1 aromatic carbocycles. The lowest BCUT2D eigenvalue weighted by molar-refractivity contribution is 0.404. The van der Waals surface area contributed by atoms with E-state index < -0.39 is 0 Å². The highest BCUT2D eigenvalue weighted by Gasteiger charge is 2.19. The summed E-state index contributed by atoms with van der Waals surface area (Å²) in [6, 6.07) is 8.23. The Bertz CT molecular complexity index is 571. The Hall–Kier alpha value is -1.04. The molecule has 1 aromatic heterocycles. The van der Waals surface area contributed by atoms with Crippen molar-refractivity contribution in [1.82, 2.24) is 5.32 Å². The zero-order chi connectivity index (χ0) is 14.5. The van der Waals surface area contributed by atoms with E-state index in [-0.39, 0.29) is 6.04 Å². The first-order valence-electron chi connectivity index (χ1n) is 6.38. The molecule has 20 heavy (non-hydrogen) atoms. The third-order valence-corrected chi connectivity index (χ3v) is 4.50. The first-order valence-corrected chi connectivity index (χ1v) is 8.06. The van der Waals surface area contributed by atoms with Crippen molar-refractivity contribution in [2.45, 2.75) is 13.0 Å². The zero-order valence-corrected chi connectivity index (χ0v) is 14.2. The Labute approximate surface area is 132 Å². The molecule has 1 unspecified atom stereocenters. The van der Waals surface area contributed by atoms with Gasteiger partial charge in [-0.3, -0.25) is 0 Å². The van der Waals surface area contributed by atoms with Crippen LogP contribution in [0.15, 0.2) is 34.1 Å². The molecular formula is C15H18BrNO2S. The summed E-state index contributed by atoms with van der Waals surface area (Å²) in [4.78, 5) is 1.21. The van der Waals surface area contributed by atoms with E-state index in [1.54, 1.807) is 25.6 Å². The highest BCUT2D eigenvalue weighted by atomic mass is 79.9. The number of benzene rings is 1. The molecule has 108 valence electrons. The number of rotatable bonds is 6. The van der Waals surface area contributed by atoms with Gasteiger partial charge >= 0.3 is 0 Å². The van der Waals surface area contributed by atoms with Crippen molar-refractivity contribution in [1.29, 1.82) is 0 Å². The van der Waals surface area contributed by atoms with E-state index in [1.165, 1.54) is 4.88 Å². The van der Waals surface area contributed by atoms with Crippen LogP contribution in [0.5, 0.6) is 11.5 Å². The molecule has 2 rings (SSSR count). The molecule has 3 nitrogen and oxygen atoms in total. The minimum Gasteiger partial charge on any atom is -0.496 e. The van der Waals surface area contributed by atoms with Crippen LogP contribution in [-0.2, 0) is 0 Å². The normalized spacial score (nSPS) is 12.2. The molecule has 1 N–H and O–H groups in total. The van der Waals surface area contributed by atoms with E-state index in [4.69, 9.17) is 9.47 Å². The summed E-state index contributed by atoms with van der Waals surface area (Å²) in [6.45, 7) is 2.98. The zero-order valence-electron chi connectivity index (χ0n) is 11.8. The first-order chi connectivity index (χ1) is 9.69. The Morgan fingerprint density at radius 3 is 2.65 bits per heavy atom. The number of hydrogen-bond acceptors (Lipinski definition) is 4. The maximum Gasteiger partial charge on any atom is 0.129 e. The fraction of sp³-hybridized carbons (Fsp3) is 0.333. The van der Waals surface area contributed by atoms with E-state index in [9.17, 15) is 0 Å². The van der Waals surface area contributed by atoms with Crippen molar-refractivity contribution in [3.63, 3.8) is 0 Å². The monoisotopic (exact) mass is 355 g/mol.